The minimum absolute atomic E-state index is 0. The first-order valence-corrected chi connectivity index (χ1v) is 7.68. The van der Waals surface area contributed by atoms with Crippen LogP contribution in [0.4, 0.5) is 0 Å². The molecule has 1 aliphatic heterocycles. The summed E-state index contributed by atoms with van der Waals surface area (Å²) in [4.78, 5) is 14.1. The van der Waals surface area contributed by atoms with Gasteiger partial charge in [0.15, 0.2) is 0 Å². The van der Waals surface area contributed by atoms with Crippen molar-refractivity contribution in [2.75, 3.05) is 32.8 Å². The monoisotopic (exact) mass is 327 g/mol. The second-order valence-corrected chi connectivity index (χ2v) is 5.37. The van der Waals surface area contributed by atoms with Crippen molar-refractivity contribution < 1.29 is 9.53 Å². The number of likely N-dealkylation sites (tertiary alicyclic amines) is 1. The zero-order valence-corrected chi connectivity index (χ0v) is 13.7. The van der Waals surface area contributed by atoms with Crippen molar-refractivity contribution >= 4 is 18.3 Å². The minimum atomic E-state index is 0. The number of ether oxygens (including phenoxy) is 1. The number of piperidine rings is 1. The van der Waals surface area contributed by atoms with E-state index in [0.29, 0.717) is 32.3 Å². The number of nitrogens with two attached hydrogens (primary N) is 1. The first kappa shape index (κ1) is 18.7. The van der Waals surface area contributed by atoms with E-state index in [1.807, 2.05) is 30.3 Å². The lowest BCUT2D eigenvalue weighted by molar-refractivity contribution is -0.123. The van der Waals surface area contributed by atoms with Crippen LogP contribution in [0, 0.1) is 0 Å². The average Bonchev–Trinajstić information content (AvgIpc) is 2.53. The quantitative estimate of drug-likeness (QED) is 0.743. The van der Waals surface area contributed by atoms with Crippen molar-refractivity contribution in [1.82, 2.24) is 10.2 Å². The Kier molecular flexibility index (Phi) is 8.89. The largest absolute Gasteiger partial charge is 0.492 e. The maximum absolute atomic E-state index is 11.9. The molecule has 1 aromatic rings. The van der Waals surface area contributed by atoms with Gasteiger partial charge in [0.25, 0.3) is 0 Å². The molecule has 0 radical (unpaired) electrons. The van der Waals surface area contributed by atoms with Gasteiger partial charge in [-0.05, 0) is 31.5 Å². The molecular formula is C16H26ClN3O2. The second-order valence-electron chi connectivity index (χ2n) is 5.37. The molecule has 6 heteroatoms. The standard InChI is InChI=1S/C16H25N3O2.ClH/c17-12-14-6-4-5-10-19(14)13-16(20)18-9-11-21-15-7-2-1-3-8-15;/h1-3,7-8,14H,4-6,9-13,17H2,(H,18,20);1H. The molecule has 0 aromatic heterocycles. The number of para-hydroxylation sites is 1. The number of nitrogens with one attached hydrogen (secondary N) is 1. The number of rotatable bonds is 7. The number of hydrogen-bond donors (Lipinski definition) is 2. The van der Waals surface area contributed by atoms with Gasteiger partial charge in [-0.3, -0.25) is 9.69 Å². The van der Waals surface area contributed by atoms with Gasteiger partial charge in [0.2, 0.25) is 5.91 Å². The molecule has 0 saturated carbocycles. The molecule has 1 aliphatic rings. The summed E-state index contributed by atoms with van der Waals surface area (Å²) in [5.41, 5.74) is 5.76. The van der Waals surface area contributed by atoms with Gasteiger partial charge in [0.1, 0.15) is 12.4 Å². The normalized spacial score (nSPS) is 18.3. The summed E-state index contributed by atoms with van der Waals surface area (Å²) in [6.07, 6.45) is 3.46. The summed E-state index contributed by atoms with van der Waals surface area (Å²) in [6, 6.07) is 9.96. The average molecular weight is 328 g/mol. The fourth-order valence-corrected chi connectivity index (χ4v) is 2.65. The van der Waals surface area contributed by atoms with Crippen LogP contribution >= 0.6 is 12.4 Å². The predicted molar refractivity (Wildman–Crippen MR) is 90.5 cm³/mol. The summed E-state index contributed by atoms with van der Waals surface area (Å²) in [6.45, 7) is 3.04. The Labute approximate surface area is 138 Å². The van der Waals surface area contributed by atoms with Crippen LogP contribution in [0.3, 0.4) is 0 Å². The highest BCUT2D eigenvalue weighted by Gasteiger charge is 2.22. The lowest BCUT2D eigenvalue weighted by Crippen LogP contribution is -2.48. The molecule has 1 amide bonds. The topological polar surface area (TPSA) is 67.6 Å². The van der Waals surface area contributed by atoms with E-state index in [1.54, 1.807) is 0 Å². The number of hydrogen-bond acceptors (Lipinski definition) is 4. The third-order valence-corrected chi connectivity index (χ3v) is 3.80. The highest BCUT2D eigenvalue weighted by molar-refractivity contribution is 5.85. The highest BCUT2D eigenvalue weighted by atomic mass is 35.5. The molecule has 0 spiro atoms. The highest BCUT2D eigenvalue weighted by Crippen LogP contribution is 2.15. The van der Waals surface area contributed by atoms with Crippen molar-refractivity contribution in [3.63, 3.8) is 0 Å². The van der Waals surface area contributed by atoms with E-state index in [2.05, 4.69) is 10.2 Å². The summed E-state index contributed by atoms with van der Waals surface area (Å²) in [7, 11) is 0. The summed E-state index contributed by atoms with van der Waals surface area (Å²) >= 11 is 0. The fourth-order valence-electron chi connectivity index (χ4n) is 2.65. The number of carbonyl (C=O) groups excluding carboxylic acids is 1. The van der Waals surface area contributed by atoms with Crippen molar-refractivity contribution in [3.05, 3.63) is 30.3 Å². The lowest BCUT2D eigenvalue weighted by atomic mass is 10.0. The van der Waals surface area contributed by atoms with Crippen molar-refractivity contribution in [2.45, 2.75) is 25.3 Å². The Morgan fingerprint density at radius 2 is 2.09 bits per heavy atom. The summed E-state index contributed by atoms with van der Waals surface area (Å²) < 4.78 is 5.54. The third-order valence-electron chi connectivity index (χ3n) is 3.80. The van der Waals surface area contributed by atoms with Crippen LogP contribution in [0.2, 0.25) is 0 Å². The Hall–Kier alpha value is -1.30. The van der Waals surface area contributed by atoms with Crippen LogP contribution in [0.5, 0.6) is 5.75 Å². The van der Waals surface area contributed by atoms with E-state index in [-0.39, 0.29) is 18.3 Å². The van der Waals surface area contributed by atoms with Gasteiger partial charge < -0.3 is 15.8 Å². The molecule has 1 atom stereocenters. The van der Waals surface area contributed by atoms with E-state index in [0.717, 1.165) is 25.1 Å². The molecule has 124 valence electrons. The van der Waals surface area contributed by atoms with E-state index in [1.165, 1.54) is 6.42 Å². The van der Waals surface area contributed by atoms with Crippen LogP contribution < -0.4 is 15.8 Å². The third kappa shape index (κ3) is 6.22. The molecule has 0 bridgehead atoms. The zero-order chi connectivity index (χ0) is 14.9. The number of halogens is 1. The predicted octanol–water partition coefficient (Wildman–Crippen LogP) is 1.42. The van der Waals surface area contributed by atoms with E-state index < -0.39 is 0 Å². The number of amides is 1. The molecule has 5 nitrogen and oxygen atoms in total. The fraction of sp³-hybridized carbons (Fsp3) is 0.562. The molecule has 0 aliphatic carbocycles. The Morgan fingerprint density at radius 1 is 1.32 bits per heavy atom. The molecule has 22 heavy (non-hydrogen) atoms. The van der Waals surface area contributed by atoms with Gasteiger partial charge in [-0.25, -0.2) is 0 Å². The van der Waals surface area contributed by atoms with Gasteiger partial charge >= 0.3 is 0 Å². The maximum Gasteiger partial charge on any atom is 0.234 e. The molecular weight excluding hydrogens is 302 g/mol. The van der Waals surface area contributed by atoms with E-state index >= 15 is 0 Å². The first-order valence-electron chi connectivity index (χ1n) is 7.68. The maximum atomic E-state index is 11.9. The van der Waals surface area contributed by atoms with Gasteiger partial charge in [-0.1, -0.05) is 24.6 Å². The van der Waals surface area contributed by atoms with Crippen LogP contribution in [-0.2, 0) is 4.79 Å². The summed E-state index contributed by atoms with van der Waals surface area (Å²) in [5.74, 6) is 0.873. The Bertz CT molecular complexity index is 431. The van der Waals surface area contributed by atoms with Crippen LogP contribution in [-0.4, -0.2) is 49.6 Å². The van der Waals surface area contributed by atoms with Gasteiger partial charge in [-0.2, -0.15) is 0 Å². The number of nitrogens with zero attached hydrogens (tertiary/aromatic N) is 1. The Morgan fingerprint density at radius 3 is 2.82 bits per heavy atom. The SMILES string of the molecule is Cl.NCC1CCCCN1CC(=O)NCCOc1ccccc1. The smallest absolute Gasteiger partial charge is 0.234 e. The molecule has 2 rings (SSSR count). The zero-order valence-electron chi connectivity index (χ0n) is 12.9. The number of carbonyl (C=O) groups is 1. The van der Waals surface area contributed by atoms with E-state index in [9.17, 15) is 4.79 Å². The Balaban J connectivity index is 0.00000242. The number of benzene rings is 1. The van der Waals surface area contributed by atoms with E-state index in [4.69, 9.17) is 10.5 Å². The van der Waals surface area contributed by atoms with Crippen molar-refractivity contribution in [3.8, 4) is 5.75 Å². The molecule has 1 aromatic carbocycles. The summed E-state index contributed by atoms with van der Waals surface area (Å²) in [5, 5.41) is 2.90. The van der Waals surface area contributed by atoms with Crippen LogP contribution in [0.25, 0.3) is 0 Å². The van der Waals surface area contributed by atoms with Gasteiger partial charge in [-0.15, -0.1) is 12.4 Å². The molecule has 1 unspecified atom stereocenters. The molecule has 1 fully saturated rings. The molecule has 1 heterocycles. The van der Waals surface area contributed by atoms with Crippen molar-refractivity contribution in [2.24, 2.45) is 5.73 Å². The first-order chi connectivity index (χ1) is 10.3. The molecule has 1 saturated heterocycles. The van der Waals surface area contributed by atoms with Gasteiger partial charge in [0, 0.05) is 12.6 Å². The molecule has 3 N–H and O–H groups in total. The minimum Gasteiger partial charge on any atom is -0.492 e. The van der Waals surface area contributed by atoms with Gasteiger partial charge in [0.05, 0.1) is 13.1 Å². The lowest BCUT2D eigenvalue weighted by Gasteiger charge is -2.34. The second kappa shape index (κ2) is 10.4. The van der Waals surface area contributed by atoms with Crippen LogP contribution in [0.1, 0.15) is 19.3 Å². The van der Waals surface area contributed by atoms with Crippen molar-refractivity contribution in [1.29, 1.82) is 0 Å². The van der Waals surface area contributed by atoms with Crippen LogP contribution in [0.15, 0.2) is 30.3 Å².